The van der Waals surface area contributed by atoms with Crippen molar-refractivity contribution in [2.75, 3.05) is 18.0 Å². The number of anilines is 1. The molecule has 2 aromatic rings. The summed E-state index contributed by atoms with van der Waals surface area (Å²) in [7, 11) is -3.71. The average molecular weight is 399 g/mol. The number of carbonyl (C=O) groups is 1. The number of hydrogen-bond acceptors (Lipinski definition) is 3. The SMILES string of the molecule is O=C1CC(CNS(=O)(=O)c2ccc(Cl)c(Cl)c2)CN1c1ccccc1. The van der Waals surface area contributed by atoms with Crippen LogP contribution < -0.4 is 9.62 Å². The van der Waals surface area contributed by atoms with Crippen molar-refractivity contribution in [3.63, 3.8) is 0 Å². The van der Waals surface area contributed by atoms with E-state index in [0.717, 1.165) is 5.69 Å². The number of rotatable bonds is 5. The summed E-state index contributed by atoms with van der Waals surface area (Å²) >= 11 is 11.7. The van der Waals surface area contributed by atoms with Gasteiger partial charge in [0, 0.05) is 25.2 Å². The van der Waals surface area contributed by atoms with Crippen molar-refractivity contribution in [1.82, 2.24) is 4.72 Å². The van der Waals surface area contributed by atoms with Crippen molar-refractivity contribution < 1.29 is 13.2 Å². The molecule has 25 heavy (non-hydrogen) atoms. The van der Waals surface area contributed by atoms with Gasteiger partial charge >= 0.3 is 0 Å². The van der Waals surface area contributed by atoms with Gasteiger partial charge in [-0.25, -0.2) is 13.1 Å². The lowest BCUT2D eigenvalue weighted by Gasteiger charge is -2.17. The molecule has 0 saturated carbocycles. The maximum absolute atomic E-state index is 12.4. The quantitative estimate of drug-likeness (QED) is 0.839. The summed E-state index contributed by atoms with van der Waals surface area (Å²) in [6.45, 7) is 0.657. The van der Waals surface area contributed by atoms with E-state index in [0.29, 0.717) is 18.0 Å². The summed E-state index contributed by atoms with van der Waals surface area (Å²) in [6, 6.07) is 13.5. The molecule has 1 amide bonds. The van der Waals surface area contributed by atoms with Crippen LogP contribution in [0.1, 0.15) is 6.42 Å². The molecular formula is C17H16Cl2N2O3S. The van der Waals surface area contributed by atoms with Gasteiger partial charge in [0.15, 0.2) is 0 Å². The van der Waals surface area contributed by atoms with Gasteiger partial charge in [-0.15, -0.1) is 0 Å². The number of benzene rings is 2. The standard InChI is InChI=1S/C17H16Cl2N2O3S/c18-15-7-6-14(9-16(15)19)25(23,24)20-10-12-8-17(22)21(11-12)13-4-2-1-3-5-13/h1-7,9,12,20H,8,10-11H2. The highest BCUT2D eigenvalue weighted by Gasteiger charge is 2.31. The number of nitrogens with one attached hydrogen (secondary N) is 1. The molecule has 1 aliphatic heterocycles. The number of sulfonamides is 1. The zero-order chi connectivity index (χ0) is 18.0. The third-order valence-electron chi connectivity index (χ3n) is 4.04. The Morgan fingerprint density at radius 1 is 1.08 bits per heavy atom. The topological polar surface area (TPSA) is 66.5 Å². The second-order valence-corrected chi connectivity index (χ2v) is 8.42. The molecule has 0 aliphatic carbocycles. The highest BCUT2D eigenvalue weighted by Crippen LogP contribution is 2.26. The maximum atomic E-state index is 12.4. The highest BCUT2D eigenvalue weighted by molar-refractivity contribution is 7.89. The van der Waals surface area contributed by atoms with Gasteiger partial charge in [0.25, 0.3) is 0 Å². The molecule has 132 valence electrons. The van der Waals surface area contributed by atoms with Crippen molar-refractivity contribution in [3.8, 4) is 0 Å². The molecule has 1 saturated heterocycles. The third-order valence-corrected chi connectivity index (χ3v) is 6.20. The first-order valence-electron chi connectivity index (χ1n) is 7.67. The van der Waals surface area contributed by atoms with Crippen molar-refractivity contribution in [2.24, 2.45) is 5.92 Å². The molecule has 0 bridgehead atoms. The summed E-state index contributed by atoms with van der Waals surface area (Å²) < 4.78 is 27.3. The second kappa shape index (κ2) is 7.33. The predicted octanol–water partition coefficient (Wildman–Crippen LogP) is 3.32. The molecule has 5 nitrogen and oxygen atoms in total. The maximum Gasteiger partial charge on any atom is 0.240 e. The summed E-state index contributed by atoms with van der Waals surface area (Å²) in [4.78, 5) is 13.9. The molecular weight excluding hydrogens is 383 g/mol. The molecule has 0 radical (unpaired) electrons. The van der Waals surface area contributed by atoms with Crippen LogP contribution in [-0.4, -0.2) is 27.4 Å². The zero-order valence-corrected chi connectivity index (χ0v) is 15.5. The lowest BCUT2D eigenvalue weighted by atomic mass is 10.1. The van der Waals surface area contributed by atoms with E-state index in [-0.39, 0.29) is 28.3 Å². The molecule has 1 unspecified atom stereocenters. The molecule has 2 aromatic carbocycles. The average Bonchev–Trinajstić information content (AvgIpc) is 2.97. The van der Waals surface area contributed by atoms with Gasteiger partial charge in [-0.1, -0.05) is 41.4 Å². The van der Waals surface area contributed by atoms with Crippen LogP contribution in [0.25, 0.3) is 0 Å². The third kappa shape index (κ3) is 4.15. The second-order valence-electron chi connectivity index (χ2n) is 5.84. The van der Waals surface area contributed by atoms with Gasteiger partial charge in [-0.3, -0.25) is 4.79 Å². The van der Waals surface area contributed by atoms with Crippen molar-refractivity contribution >= 4 is 44.8 Å². The van der Waals surface area contributed by atoms with Crippen LogP contribution in [0.4, 0.5) is 5.69 Å². The largest absolute Gasteiger partial charge is 0.312 e. The highest BCUT2D eigenvalue weighted by atomic mass is 35.5. The molecule has 1 N–H and O–H groups in total. The molecule has 3 rings (SSSR count). The number of carbonyl (C=O) groups excluding carboxylic acids is 1. The minimum absolute atomic E-state index is 0.00932. The van der Waals surface area contributed by atoms with Gasteiger partial charge in [-0.2, -0.15) is 0 Å². The Kier molecular flexibility index (Phi) is 5.34. The molecule has 1 atom stereocenters. The fourth-order valence-corrected chi connectivity index (χ4v) is 4.24. The van der Waals surface area contributed by atoms with Gasteiger partial charge in [0.05, 0.1) is 14.9 Å². The van der Waals surface area contributed by atoms with E-state index >= 15 is 0 Å². The zero-order valence-electron chi connectivity index (χ0n) is 13.2. The van der Waals surface area contributed by atoms with Crippen LogP contribution in [0.2, 0.25) is 10.0 Å². The van der Waals surface area contributed by atoms with E-state index in [1.165, 1.54) is 18.2 Å². The summed E-state index contributed by atoms with van der Waals surface area (Å²) in [6.07, 6.45) is 0.304. The van der Waals surface area contributed by atoms with Crippen LogP contribution in [0.5, 0.6) is 0 Å². The smallest absolute Gasteiger partial charge is 0.240 e. The minimum Gasteiger partial charge on any atom is -0.312 e. The van der Waals surface area contributed by atoms with E-state index in [4.69, 9.17) is 23.2 Å². The van der Waals surface area contributed by atoms with Gasteiger partial charge in [-0.05, 0) is 36.2 Å². The van der Waals surface area contributed by atoms with Gasteiger partial charge in [0.2, 0.25) is 15.9 Å². The summed E-state index contributed by atoms with van der Waals surface area (Å²) in [5.41, 5.74) is 0.822. The lowest BCUT2D eigenvalue weighted by Crippen LogP contribution is -2.31. The van der Waals surface area contributed by atoms with Crippen molar-refractivity contribution in [3.05, 3.63) is 58.6 Å². The van der Waals surface area contributed by atoms with Crippen LogP contribution in [0.15, 0.2) is 53.4 Å². The van der Waals surface area contributed by atoms with E-state index in [1.807, 2.05) is 30.3 Å². The number of nitrogens with zero attached hydrogens (tertiary/aromatic N) is 1. The fourth-order valence-electron chi connectivity index (χ4n) is 2.73. The predicted molar refractivity (Wildman–Crippen MR) is 98.6 cm³/mol. The number of halogens is 2. The van der Waals surface area contributed by atoms with E-state index in [9.17, 15) is 13.2 Å². The first-order chi connectivity index (χ1) is 11.9. The van der Waals surface area contributed by atoms with Crippen LogP contribution >= 0.6 is 23.2 Å². The lowest BCUT2D eigenvalue weighted by molar-refractivity contribution is -0.117. The fraction of sp³-hybridized carbons (Fsp3) is 0.235. The van der Waals surface area contributed by atoms with E-state index in [2.05, 4.69) is 4.72 Å². The van der Waals surface area contributed by atoms with Crippen molar-refractivity contribution in [2.45, 2.75) is 11.3 Å². The van der Waals surface area contributed by atoms with Crippen molar-refractivity contribution in [1.29, 1.82) is 0 Å². The molecule has 0 spiro atoms. The number of hydrogen-bond donors (Lipinski definition) is 1. The summed E-state index contributed by atoms with van der Waals surface area (Å²) in [5.74, 6) is -0.102. The van der Waals surface area contributed by atoms with Gasteiger partial charge in [0.1, 0.15) is 0 Å². The van der Waals surface area contributed by atoms with Crippen LogP contribution in [0, 0.1) is 5.92 Å². The number of para-hydroxylation sites is 1. The Hall–Kier alpha value is -1.60. The molecule has 0 aromatic heterocycles. The monoisotopic (exact) mass is 398 g/mol. The Bertz CT molecular complexity index is 888. The Morgan fingerprint density at radius 2 is 1.80 bits per heavy atom. The summed E-state index contributed by atoms with van der Waals surface area (Å²) in [5, 5.41) is 0.469. The molecule has 1 fully saturated rings. The van der Waals surface area contributed by atoms with Crippen LogP contribution in [0.3, 0.4) is 0 Å². The first-order valence-corrected chi connectivity index (χ1v) is 9.91. The number of amides is 1. The Labute approximate surface area is 156 Å². The minimum atomic E-state index is -3.71. The Balaban J connectivity index is 1.65. The van der Waals surface area contributed by atoms with Gasteiger partial charge < -0.3 is 4.90 Å². The molecule has 1 aliphatic rings. The van der Waals surface area contributed by atoms with E-state index < -0.39 is 10.0 Å². The molecule has 8 heteroatoms. The van der Waals surface area contributed by atoms with E-state index in [1.54, 1.807) is 4.90 Å². The normalized spacial score (nSPS) is 17.9. The first kappa shape index (κ1) is 18.2. The Morgan fingerprint density at radius 3 is 2.48 bits per heavy atom. The van der Waals surface area contributed by atoms with Crippen LogP contribution in [-0.2, 0) is 14.8 Å². The molecule has 1 heterocycles.